The number of unbranched alkanes of at least 4 members (excludes halogenated alkanes) is 2. The smallest absolute Gasteiger partial charge is 0.163 e. The Bertz CT molecular complexity index is 1890. The summed E-state index contributed by atoms with van der Waals surface area (Å²) in [4.78, 5) is 30.5. The highest BCUT2D eigenvalue weighted by Crippen LogP contribution is 2.35. The van der Waals surface area contributed by atoms with E-state index in [1.54, 1.807) is 18.3 Å². The van der Waals surface area contributed by atoms with Crippen LogP contribution in [0.4, 0.5) is 5.82 Å². The van der Waals surface area contributed by atoms with Crippen molar-refractivity contribution in [2.24, 2.45) is 11.8 Å². The van der Waals surface area contributed by atoms with E-state index in [9.17, 15) is 19.8 Å². The number of anilines is 1. The largest absolute Gasteiger partial charge is 0.504 e. The average Bonchev–Trinajstić information content (AvgIpc) is 3.19. The van der Waals surface area contributed by atoms with Gasteiger partial charge in [-0.3, -0.25) is 9.59 Å². The van der Waals surface area contributed by atoms with Gasteiger partial charge < -0.3 is 26.0 Å². The van der Waals surface area contributed by atoms with Gasteiger partial charge in [0.05, 0.1) is 20.1 Å². The number of phenolic OH excluding ortho intramolecular Hbond substituents is 1. The van der Waals surface area contributed by atoms with E-state index in [4.69, 9.17) is 10.5 Å². The number of aromatic hydroxyl groups is 1. The molecule has 1 aromatic heterocycles. The molecule has 0 aliphatic carbocycles. The molecule has 0 saturated carbocycles. The number of carbonyl (C=O) groups is 2. The number of nitrogens with zero attached hydrogens (tertiary/aromatic N) is 1. The lowest BCUT2D eigenvalue weighted by Crippen LogP contribution is -2.19. The fraction of sp³-hybridized carbons (Fsp3) is 0.449. The summed E-state index contributed by atoms with van der Waals surface area (Å²) in [5.41, 5.74) is 13.6. The molecule has 0 bridgehead atoms. The van der Waals surface area contributed by atoms with Gasteiger partial charge in [-0.1, -0.05) is 94.1 Å². The number of ether oxygens (including phenoxy) is 1. The second-order valence-electron chi connectivity index (χ2n) is 15.9. The quantitative estimate of drug-likeness (QED) is 0.0282. The molecule has 1 atom stereocenters. The molecule has 0 saturated heterocycles. The first-order chi connectivity index (χ1) is 27.6. The molecule has 0 fully saturated rings. The molecule has 4 aromatic rings. The predicted octanol–water partition coefficient (Wildman–Crippen LogP) is 9.06. The maximum Gasteiger partial charge on any atom is 0.163 e. The summed E-state index contributed by atoms with van der Waals surface area (Å²) >= 11 is 0. The molecule has 0 amide bonds. The average molecular weight is 776 g/mol. The lowest BCUT2D eigenvalue weighted by Gasteiger charge is -2.17. The number of allylic oxidation sites excluding steroid dienone is 1. The van der Waals surface area contributed by atoms with Gasteiger partial charge in [-0.15, -0.1) is 0 Å². The number of aliphatic hydroxyl groups excluding tert-OH is 1. The summed E-state index contributed by atoms with van der Waals surface area (Å²) in [6.07, 6.45) is 14.8. The van der Waals surface area contributed by atoms with Crippen LogP contribution >= 0.6 is 0 Å². The summed E-state index contributed by atoms with van der Waals surface area (Å²) in [5.74, 6) is 1.50. The van der Waals surface area contributed by atoms with Crippen molar-refractivity contribution >= 4 is 23.0 Å². The minimum Gasteiger partial charge on any atom is -0.504 e. The van der Waals surface area contributed by atoms with Crippen molar-refractivity contribution in [1.29, 1.82) is 0 Å². The summed E-state index contributed by atoms with van der Waals surface area (Å²) in [7, 11) is 3.46. The molecular formula is C49H65N3O5. The number of rotatable bonds is 26. The topological polar surface area (TPSA) is 135 Å². The normalized spacial score (nSPS) is 12.2. The van der Waals surface area contributed by atoms with Crippen LogP contribution in [0.1, 0.15) is 111 Å². The van der Waals surface area contributed by atoms with Gasteiger partial charge in [-0.05, 0) is 146 Å². The maximum absolute atomic E-state index is 13.2. The zero-order valence-electron chi connectivity index (χ0n) is 34.7. The van der Waals surface area contributed by atoms with Gasteiger partial charge in [0.15, 0.2) is 17.3 Å². The number of hydrogen-bond donors (Lipinski definition) is 4. The van der Waals surface area contributed by atoms with E-state index >= 15 is 0 Å². The minimum absolute atomic E-state index is 0.0554. The highest BCUT2D eigenvalue weighted by atomic mass is 16.5. The number of pyridine rings is 1. The Balaban J connectivity index is 1.40. The molecule has 57 heavy (non-hydrogen) atoms. The Morgan fingerprint density at radius 3 is 2.23 bits per heavy atom. The number of ketones is 2. The Morgan fingerprint density at radius 1 is 0.825 bits per heavy atom. The molecule has 0 spiro atoms. The van der Waals surface area contributed by atoms with Crippen molar-refractivity contribution in [1.82, 2.24) is 10.3 Å². The maximum atomic E-state index is 13.2. The monoisotopic (exact) mass is 775 g/mol. The number of aromatic nitrogens is 1. The van der Waals surface area contributed by atoms with Crippen molar-refractivity contribution in [3.05, 3.63) is 124 Å². The molecule has 5 N–H and O–H groups in total. The molecular weight excluding hydrogens is 711 g/mol. The highest BCUT2D eigenvalue weighted by Gasteiger charge is 2.18. The fourth-order valence-corrected chi connectivity index (χ4v) is 7.63. The van der Waals surface area contributed by atoms with Gasteiger partial charge in [-0.25, -0.2) is 4.98 Å². The lowest BCUT2D eigenvalue weighted by atomic mass is 9.91. The van der Waals surface area contributed by atoms with Crippen molar-refractivity contribution in [3.8, 4) is 11.5 Å². The highest BCUT2D eigenvalue weighted by molar-refractivity contribution is 6.07. The molecule has 4 rings (SSSR count). The molecule has 0 radical (unpaired) electrons. The molecule has 0 aliphatic rings. The van der Waals surface area contributed by atoms with Crippen molar-refractivity contribution < 1.29 is 24.5 Å². The van der Waals surface area contributed by atoms with E-state index in [0.29, 0.717) is 41.3 Å². The number of methoxy groups -OCH3 is 1. The van der Waals surface area contributed by atoms with Crippen molar-refractivity contribution in [2.75, 3.05) is 33.0 Å². The second kappa shape index (κ2) is 24.1. The van der Waals surface area contributed by atoms with Crippen LogP contribution in [0.25, 0.3) is 5.57 Å². The number of nitrogen functional groups attached to an aromatic ring is 1. The molecule has 3 aromatic carbocycles. The SMILES string of the molecule is CNCC(CCCCCC(=O)CC(=O)C=C(CO)c1cc(OC)c(O)cc1Cc1cnc(N)cc1CCc1cccc(CCc2ccccc2)c1)CCCC(C)C. The third-order valence-corrected chi connectivity index (χ3v) is 10.8. The van der Waals surface area contributed by atoms with Crippen LogP contribution in [0.15, 0.2) is 85.1 Å². The van der Waals surface area contributed by atoms with E-state index in [0.717, 1.165) is 75.0 Å². The number of benzene rings is 3. The van der Waals surface area contributed by atoms with Crippen LogP contribution in [-0.4, -0.2) is 54.1 Å². The van der Waals surface area contributed by atoms with Crippen molar-refractivity contribution in [3.63, 3.8) is 0 Å². The number of hydrogen-bond acceptors (Lipinski definition) is 8. The Kier molecular flexibility index (Phi) is 19.0. The summed E-state index contributed by atoms with van der Waals surface area (Å²) in [6.45, 7) is 5.12. The first kappa shape index (κ1) is 44.9. The number of nitrogens with one attached hydrogen (secondary N) is 1. The Labute approximate surface area is 341 Å². The van der Waals surface area contributed by atoms with Gasteiger partial charge in [0, 0.05) is 12.6 Å². The minimum atomic E-state index is -0.431. The van der Waals surface area contributed by atoms with Crippen LogP contribution in [-0.2, 0) is 41.7 Å². The second-order valence-corrected chi connectivity index (χ2v) is 15.9. The van der Waals surface area contributed by atoms with E-state index in [2.05, 4.69) is 72.7 Å². The molecule has 8 heteroatoms. The summed E-state index contributed by atoms with van der Waals surface area (Å²) in [5, 5.41) is 24.7. The fourth-order valence-electron chi connectivity index (χ4n) is 7.63. The number of aliphatic hydroxyl groups is 1. The van der Waals surface area contributed by atoms with Crippen LogP contribution in [0.3, 0.4) is 0 Å². The van der Waals surface area contributed by atoms with Crippen LogP contribution in [0.5, 0.6) is 11.5 Å². The van der Waals surface area contributed by atoms with Gasteiger partial charge in [0.25, 0.3) is 0 Å². The van der Waals surface area contributed by atoms with Gasteiger partial charge in [-0.2, -0.15) is 0 Å². The first-order valence-corrected chi connectivity index (χ1v) is 20.8. The van der Waals surface area contributed by atoms with Gasteiger partial charge >= 0.3 is 0 Å². The number of aryl methyl sites for hydroxylation is 4. The number of Topliss-reactive ketones (excluding diaryl/α,β-unsaturated/α-hetero) is 1. The Hall–Kier alpha value is -4.79. The number of nitrogens with two attached hydrogens (primary N) is 1. The molecule has 0 aliphatic heterocycles. The third-order valence-electron chi connectivity index (χ3n) is 10.8. The number of phenols is 1. The zero-order chi connectivity index (χ0) is 41.0. The van der Waals surface area contributed by atoms with E-state index in [1.807, 2.05) is 19.2 Å². The Morgan fingerprint density at radius 2 is 1.53 bits per heavy atom. The molecule has 1 heterocycles. The predicted molar refractivity (Wildman–Crippen MR) is 233 cm³/mol. The zero-order valence-corrected chi connectivity index (χ0v) is 34.7. The van der Waals surface area contributed by atoms with Crippen molar-refractivity contribution in [2.45, 2.75) is 104 Å². The first-order valence-electron chi connectivity index (χ1n) is 20.8. The van der Waals surface area contributed by atoms with E-state index in [-0.39, 0.29) is 29.5 Å². The lowest BCUT2D eigenvalue weighted by molar-refractivity contribution is -0.124. The molecule has 1 unspecified atom stereocenters. The van der Waals surface area contributed by atoms with Crippen LogP contribution in [0, 0.1) is 11.8 Å². The van der Waals surface area contributed by atoms with Crippen LogP contribution in [0.2, 0.25) is 0 Å². The van der Waals surface area contributed by atoms with E-state index in [1.165, 1.54) is 49.1 Å². The van der Waals surface area contributed by atoms with E-state index < -0.39 is 6.61 Å². The standard InChI is InChI=1S/C49H65N3O5/c1-35(2)13-11-19-39(32-51-3)16-9-6-10-20-44(54)30-45(55)27-43(34-53)46-31-48(57-4)47(56)28-41(46)26-42-33-52-49(50)29-40(42)24-23-38-18-12-17-37(25-38)22-21-36-14-7-5-8-15-36/h5,7-8,12,14-15,17-18,25,27-29,31,33,35,39,51,53,56H,6,9-11,13,16,19-24,26,30,32,34H2,1-4H3,(H2,50,52). The summed E-state index contributed by atoms with van der Waals surface area (Å²) < 4.78 is 5.42. The third kappa shape index (κ3) is 15.6. The molecule has 306 valence electrons. The van der Waals surface area contributed by atoms with Gasteiger partial charge in [0.2, 0.25) is 0 Å². The molecule has 8 nitrogen and oxygen atoms in total. The van der Waals surface area contributed by atoms with Gasteiger partial charge in [0.1, 0.15) is 11.6 Å². The van der Waals surface area contributed by atoms with Crippen LogP contribution < -0.4 is 15.8 Å². The summed E-state index contributed by atoms with van der Waals surface area (Å²) in [6, 6.07) is 24.3. The number of carbonyl (C=O) groups excluding carboxylic acids is 2.